The van der Waals surface area contributed by atoms with Crippen LogP contribution in [-0.4, -0.2) is 40.2 Å². The standard InChI is InChI=1S/C20H17BrClN3O5/c1-10(20(27)28)30-18-15(22)6-12(7-17(18)29-3)9-23-25-11(2)24-16-5-4-13(21)8-14(16)19(25)26/h4-10H,1-3H3,(H,27,28)/t10-/m0/s1. The van der Waals surface area contributed by atoms with Crippen molar-refractivity contribution >= 4 is 50.6 Å². The van der Waals surface area contributed by atoms with E-state index in [0.717, 1.165) is 4.47 Å². The van der Waals surface area contributed by atoms with Gasteiger partial charge in [0.1, 0.15) is 5.82 Å². The van der Waals surface area contributed by atoms with Gasteiger partial charge in [0.05, 0.1) is 29.2 Å². The van der Waals surface area contributed by atoms with Gasteiger partial charge in [0.2, 0.25) is 0 Å². The van der Waals surface area contributed by atoms with Crippen molar-refractivity contribution < 1.29 is 19.4 Å². The molecule has 3 rings (SSSR count). The SMILES string of the molecule is COc1cc(C=Nn2c(C)nc3ccc(Br)cc3c2=O)cc(Cl)c1O[C@@H](C)C(=O)O. The van der Waals surface area contributed by atoms with E-state index in [1.54, 1.807) is 25.1 Å². The van der Waals surface area contributed by atoms with Crippen LogP contribution < -0.4 is 15.0 Å². The second-order valence-corrected chi connectivity index (χ2v) is 7.64. The molecule has 8 nitrogen and oxygen atoms in total. The summed E-state index contributed by atoms with van der Waals surface area (Å²) < 4.78 is 12.6. The minimum atomic E-state index is -1.14. The number of ether oxygens (including phenoxy) is 2. The highest BCUT2D eigenvalue weighted by molar-refractivity contribution is 9.10. The molecule has 1 heterocycles. The summed E-state index contributed by atoms with van der Waals surface area (Å²) >= 11 is 9.61. The zero-order chi connectivity index (χ0) is 22.0. The van der Waals surface area contributed by atoms with E-state index in [9.17, 15) is 9.59 Å². The molecule has 0 radical (unpaired) electrons. The maximum Gasteiger partial charge on any atom is 0.344 e. The monoisotopic (exact) mass is 493 g/mol. The van der Waals surface area contributed by atoms with Crippen LogP contribution in [0.4, 0.5) is 0 Å². The van der Waals surface area contributed by atoms with Gasteiger partial charge in [-0.2, -0.15) is 9.78 Å². The van der Waals surface area contributed by atoms with Gasteiger partial charge in [-0.05, 0) is 49.7 Å². The molecule has 0 amide bonds. The number of fused-ring (bicyclic) bond motifs is 1. The quantitative estimate of drug-likeness (QED) is 0.522. The molecule has 1 atom stereocenters. The summed E-state index contributed by atoms with van der Waals surface area (Å²) in [5.74, 6) is -0.373. The maximum absolute atomic E-state index is 12.8. The summed E-state index contributed by atoms with van der Waals surface area (Å²) in [6.07, 6.45) is 0.318. The Morgan fingerprint density at radius 2 is 2.10 bits per heavy atom. The Hall–Kier alpha value is -2.91. The number of aliphatic carboxylic acids is 1. The largest absolute Gasteiger partial charge is 0.493 e. The highest BCUT2D eigenvalue weighted by Crippen LogP contribution is 2.36. The Kier molecular flexibility index (Phi) is 6.42. The highest BCUT2D eigenvalue weighted by atomic mass is 79.9. The lowest BCUT2D eigenvalue weighted by Crippen LogP contribution is -2.23. The smallest absolute Gasteiger partial charge is 0.344 e. The van der Waals surface area contributed by atoms with Gasteiger partial charge in [-0.1, -0.05) is 27.5 Å². The number of halogens is 2. The molecule has 2 aromatic carbocycles. The Bertz CT molecular complexity index is 1230. The number of hydrogen-bond donors (Lipinski definition) is 1. The maximum atomic E-state index is 12.8. The van der Waals surface area contributed by atoms with E-state index in [2.05, 4.69) is 26.0 Å². The molecule has 1 N–H and O–H groups in total. The molecule has 0 saturated heterocycles. The fraction of sp³-hybridized carbons (Fsp3) is 0.200. The predicted octanol–water partition coefficient (Wildman–Crippen LogP) is 3.86. The van der Waals surface area contributed by atoms with Crippen LogP contribution >= 0.6 is 27.5 Å². The lowest BCUT2D eigenvalue weighted by atomic mass is 10.2. The lowest BCUT2D eigenvalue weighted by molar-refractivity contribution is -0.144. The van der Waals surface area contributed by atoms with Crippen LogP contribution in [0.15, 0.2) is 44.7 Å². The van der Waals surface area contributed by atoms with Crippen LogP contribution in [0, 0.1) is 6.92 Å². The first-order valence-electron chi connectivity index (χ1n) is 8.71. The molecule has 1 aromatic heterocycles. The summed E-state index contributed by atoms with van der Waals surface area (Å²) in [6, 6.07) is 8.35. The van der Waals surface area contributed by atoms with E-state index >= 15 is 0 Å². The van der Waals surface area contributed by atoms with E-state index in [0.29, 0.717) is 22.3 Å². The Morgan fingerprint density at radius 1 is 1.37 bits per heavy atom. The van der Waals surface area contributed by atoms with Crippen LogP contribution in [0.1, 0.15) is 18.3 Å². The van der Waals surface area contributed by atoms with Gasteiger partial charge in [-0.3, -0.25) is 4.79 Å². The number of carbonyl (C=O) groups is 1. The summed E-state index contributed by atoms with van der Waals surface area (Å²) in [5, 5.41) is 13.9. The van der Waals surface area contributed by atoms with E-state index in [-0.39, 0.29) is 22.1 Å². The number of aryl methyl sites for hydroxylation is 1. The van der Waals surface area contributed by atoms with Crippen LogP contribution in [0.25, 0.3) is 10.9 Å². The van der Waals surface area contributed by atoms with Crippen molar-refractivity contribution in [1.82, 2.24) is 9.66 Å². The van der Waals surface area contributed by atoms with Crippen LogP contribution in [0.3, 0.4) is 0 Å². The number of benzene rings is 2. The second-order valence-electron chi connectivity index (χ2n) is 6.31. The average Bonchev–Trinajstić information content (AvgIpc) is 2.69. The molecule has 10 heteroatoms. The molecule has 0 bridgehead atoms. The Morgan fingerprint density at radius 3 is 2.77 bits per heavy atom. The van der Waals surface area contributed by atoms with E-state index in [1.165, 1.54) is 31.0 Å². The van der Waals surface area contributed by atoms with Gasteiger partial charge in [-0.25, -0.2) is 9.78 Å². The van der Waals surface area contributed by atoms with Crippen LogP contribution in [-0.2, 0) is 4.79 Å². The molecule has 0 unspecified atom stereocenters. The van der Waals surface area contributed by atoms with Crippen molar-refractivity contribution in [3.63, 3.8) is 0 Å². The van der Waals surface area contributed by atoms with Gasteiger partial charge in [0, 0.05) is 4.47 Å². The molecular formula is C20H17BrClN3O5. The fourth-order valence-corrected chi connectivity index (χ4v) is 3.30. The molecule has 156 valence electrons. The number of aromatic nitrogens is 2. The molecular weight excluding hydrogens is 478 g/mol. The summed E-state index contributed by atoms with van der Waals surface area (Å²) in [5.41, 5.74) is 0.780. The first kappa shape index (κ1) is 21.8. The zero-order valence-electron chi connectivity index (χ0n) is 16.2. The van der Waals surface area contributed by atoms with E-state index in [4.69, 9.17) is 26.2 Å². The topological polar surface area (TPSA) is 103 Å². The highest BCUT2D eigenvalue weighted by Gasteiger charge is 2.19. The molecule has 0 aliphatic carbocycles. The fourth-order valence-electron chi connectivity index (χ4n) is 2.68. The number of carboxylic acids is 1. The average molecular weight is 495 g/mol. The van der Waals surface area contributed by atoms with Crippen molar-refractivity contribution in [2.45, 2.75) is 20.0 Å². The van der Waals surface area contributed by atoms with Gasteiger partial charge < -0.3 is 14.6 Å². The van der Waals surface area contributed by atoms with Gasteiger partial charge in [0.25, 0.3) is 5.56 Å². The van der Waals surface area contributed by atoms with E-state index in [1.807, 2.05) is 6.07 Å². The third-order valence-corrected chi connectivity index (χ3v) is 4.96. The number of nitrogens with zero attached hydrogens (tertiary/aromatic N) is 3. The van der Waals surface area contributed by atoms with Crippen molar-refractivity contribution in [3.05, 3.63) is 61.6 Å². The molecule has 0 aliphatic heterocycles. The Labute approximate surface area is 184 Å². The predicted molar refractivity (Wildman–Crippen MR) is 117 cm³/mol. The molecule has 0 spiro atoms. The van der Waals surface area contributed by atoms with Crippen LogP contribution in [0.2, 0.25) is 5.02 Å². The van der Waals surface area contributed by atoms with Crippen molar-refractivity contribution in [3.8, 4) is 11.5 Å². The lowest BCUT2D eigenvalue weighted by Gasteiger charge is -2.15. The summed E-state index contributed by atoms with van der Waals surface area (Å²) in [7, 11) is 1.41. The first-order chi connectivity index (χ1) is 14.2. The Balaban J connectivity index is 2.01. The van der Waals surface area contributed by atoms with Gasteiger partial charge >= 0.3 is 5.97 Å². The second kappa shape index (κ2) is 8.85. The molecule has 30 heavy (non-hydrogen) atoms. The number of carboxylic acid groups (broad SMARTS) is 1. The number of rotatable bonds is 6. The zero-order valence-corrected chi connectivity index (χ0v) is 18.6. The third kappa shape index (κ3) is 4.47. The molecule has 0 aliphatic rings. The van der Waals surface area contributed by atoms with Crippen molar-refractivity contribution in [2.24, 2.45) is 5.10 Å². The van der Waals surface area contributed by atoms with Gasteiger partial charge in [-0.15, -0.1) is 0 Å². The summed E-state index contributed by atoms with van der Waals surface area (Å²) in [4.78, 5) is 28.3. The first-order valence-corrected chi connectivity index (χ1v) is 9.88. The number of hydrogen-bond acceptors (Lipinski definition) is 6. The van der Waals surface area contributed by atoms with Gasteiger partial charge in [0.15, 0.2) is 17.6 Å². The van der Waals surface area contributed by atoms with Crippen molar-refractivity contribution in [2.75, 3.05) is 7.11 Å². The third-order valence-electron chi connectivity index (χ3n) is 4.19. The number of methoxy groups -OCH3 is 1. The van der Waals surface area contributed by atoms with E-state index < -0.39 is 12.1 Å². The molecule has 0 fully saturated rings. The van der Waals surface area contributed by atoms with Crippen LogP contribution in [0.5, 0.6) is 11.5 Å². The van der Waals surface area contributed by atoms with Crippen molar-refractivity contribution in [1.29, 1.82) is 0 Å². The molecule has 3 aromatic rings. The summed E-state index contributed by atoms with van der Waals surface area (Å²) in [6.45, 7) is 3.06. The molecule has 0 saturated carbocycles. The minimum absolute atomic E-state index is 0.108. The normalized spacial score (nSPS) is 12.3. The minimum Gasteiger partial charge on any atom is -0.493 e.